The van der Waals surface area contributed by atoms with Gasteiger partial charge < -0.3 is 15.0 Å². The SMILES string of the molecule is COc1ccc(NC(=O)c2ccc(F)cc2F)cc1N1CCCN(Cc2cccc(Cl)c2)C1=O. The average Bonchev–Trinajstić information content (AvgIpc) is 2.80. The van der Waals surface area contributed by atoms with Crippen LogP contribution in [0, 0.1) is 11.6 Å². The number of amides is 3. The van der Waals surface area contributed by atoms with Crippen LogP contribution in [-0.4, -0.2) is 37.0 Å². The van der Waals surface area contributed by atoms with Crippen LogP contribution in [-0.2, 0) is 6.54 Å². The van der Waals surface area contributed by atoms with Crippen LogP contribution in [0.25, 0.3) is 0 Å². The van der Waals surface area contributed by atoms with E-state index in [0.29, 0.717) is 47.8 Å². The lowest BCUT2D eigenvalue weighted by Gasteiger charge is -2.36. The van der Waals surface area contributed by atoms with Crippen molar-refractivity contribution in [2.75, 3.05) is 30.4 Å². The summed E-state index contributed by atoms with van der Waals surface area (Å²) >= 11 is 6.08. The van der Waals surface area contributed by atoms with E-state index < -0.39 is 17.5 Å². The summed E-state index contributed by atoms with van der Waals surface area (Å²) in [6.45, 7) is 1.45. The Morgan fingerprint density at radius 2 is 1.91 bits per heavy atom. The molecule has 0 spiro atoms. The maximum Gasteiger partial charge on any atom is 0.324 e. The van der Waals surface area contributed by atoms with Crippen LogP contribution in [0.4, 0.5) is 25.0 Å². The molecular formula is C25H22ClF2N3O3. The lowest BCUT2D eigenvalue weighted by atomic mass is 10.1. The second kappa shape index (κ2) is 10.1. The first-order valence-corrected chi connectivity index (χ1v) is 11.0. The van der Waals surface area contributed by atoms with Crippen molar-refractivity contribution in [2.24, 2.45) is 0 Å². The van der Waals surface area contributed by atoms with Crippen LogP contribution in [0.5, 0.6) is 5.75 Å². The third-order valence-electron chi connectivity index (χ3n) is 5.48. The van der Waals surface area contributed by atoms with Crippen LogP contribution in [0.3, 0.4) is 0 Å². The van der Waals surface area contributed by atoms with Crippen LogP contribution >= 0.6 is 11.6 Å². The molecule has 9 heteroatoms. The Kier molecular flexibility index (Phi) is 6.98. The number of benzene rings is 3. The molecule has 1 aliphatic rings. The van der Waals surface area contributed by atoms with Gasteiger partial charge in [-0.15, -0.1) is 0 Å². The molecule has 34 heavy (non-hydrogen) atoms. The number of halogens is 3. The van der Waals surface area contributed by atoms with Gasteiger partial charge in [0.05, 0.1) is 18.4 Å². The molecular weight excluding hydrogens is 464 g/mol. The summed E-state index contributed by atoms with van der Waals surface area (Å²) in [7, 11) is 1.49. The van der Waals surface area contributed by atoms with Gasteiger partial charge in [-0.25, -0.2) is 13.6 Å². The van der Waals surface area contributed by atoms with Crippen LogP contribution < -0.4 is 15.0 Å². The molecule has 176 valence electrons. The first kappa shape index (κ1) is 23.5. The molecule has 3 amide bonds. The normalized spacial score (nSPS) is 13.7. The highest BCUT2D eigenvalue weighted by molar-refractivity contribution is 6.30. The molecule has 3 aromatic rings. The number of methoxy groups -OCH3 is 1. The number of rotatable bonds is 6. The summed E-state index contributed by atoms with van der Waals surface area (Å²) in [6, 6.07) is 14.7. The monoisotopic (exact) mass is 485 g/mol. The third kappa shape index (κ3) is 5.12. The number of nitrogens with zero attached hydrogens (tertiary/aromatic N) is 2. The van der Waals surface area contributed by atoms with E-state index in [1.807, 2.05) is 18.2 Å². The predicted molar refractivity (Wildman–Crippen MR) is 127 cm³/mol. The molecule has 1 N–H and O–H groups in total. The predicted octanol–water partition coefficient (Wildman–Crippen LogP) is 5.71. The Bertz CT molecular complexity index is 1240. The first-order valence-electron chi connectivity index (χ1n) is 10.6. The van der Waals surface area contributed by atoms with E-state index >= 15 is 0 Å². The number of carbonyl (C=O) groups is 2. The van der Waals surface area contributed by atoms with Gasteiger partial charge in [-0.05, 0) is 54.4 Å². The molecule has 0 aliphatic carbocycles. The molecule has 0 bridgehead atoms. The minimum atomic E-state index is -0.964. The fourth-order valence-electron chi connectivity index (χ4n) is 3.86. The number of hydrogen-bond acceptors (Lipinski definition) is 3. The fraction of sp³-hybridized carbons (Fsp3) is 0.200. The molecule has 1 heterocycles. The van der Waals surface area contributed by atoms with Gasteiger partial charge in [-0.1, -0.05) is 23.7 Å². The second-order valence-corrected chi connectivity index (χ2v) is 8.24. The zero-order chi connectivity index (χ0) is 24.2. The summed E-state index contributed by atoms with van der Waals surface area (Å²) in [5, 5.41) is 3.20. The number of ether oxygens (including phenoxy) is 1. The first-order chi connectivity index (χ1) is 16.4. The van der Waals surface area contributed by atoms with Gasteiger partial charge in [0.15, 0.2) is 0 Å². The lowest BCUT2D eigenvalue weighted by molar-refractivity contribution is 0.102. The van der Waals surface area contributed by atoms with Gasteiger partial charge in [0.2, 0.25) is 0 Å². The molecule has 0 atom stereocenters. The number of hydrogen-bond donors (Lipinski definition) is 1. The Balaban J connectivity index is 1.57. The van der Waals surface area contributed by atoms with E-state index in [1.54, 1.807) is 34.1 Å². The lowest BCUT2D eigenvalue weighted by Crippen LogP contribution is -2.49. The van der Waals surface area contributed by atoms with Crippen molar-refractivity contribution in [1.29, 1.82) is 0 Å². The zero-order valence-corrected chi connectivity index (χ0v) is 19.1. The quantitative estimate of drug-likeness (QED) is 0.486. The number of carbonyl (C=O) groups excluding carboxylic acids is 2. The molecule has 3 aromatic carbocycles. The summed E-state index contributed by atoms with van der Waals surface area (Å²) in [5.74, 6) is -2.02. The summed E-state index contributed by atoms with van der Waals surface area (Å²) in [4.78, 5) is 29.1. The average molecular weight is 486 g/mol. The fourth-order valence-corrected chi connectivity index (χ4v) is 4.07. The minimum absolute atomic E-state index is 0.211. The zero-order valence-electron chi connectivity index (χ0n) is 18.4. The number of anilines is 2. The molecule has 1 fully saturated rings. The summed E-state index contributed by atoms with van der Waals surface area (Å²) in [5.41, 5.74) is 1.43. The molecule has 0 unspecified atom stereocenters. The van der Waals surface area contributed by atoms with E-state index in [-0.39, 0.29) is 11.6 Å². The van der Waals surface area contributed by atoms with Gasteiger partial charge >= 0.3 is 6.03 Å². The summed E-state index contributed by atoms with van der Waals surface area (Å²) in [6.07, 6.45) is 0.729. The van der Waals surface area contributed by atoms with Crippen LogP contribution in [0.15, 0.2) is 60.7 Å². The number of nitrogens with one attached hydrogen (secondary N) is 1. The van der Waals surface area contributed by atoms with Gasteiger partial charge in [0.25, 0.3) is 5.91 Å². The Labute approximate surface area is 200 Å². The Morgan fingerprint density at radius 3 is 2.65 bits per heavy atom. The molecule has 6 nitrogen and oxygen atoms in total. The largest absolute Gasteiger partial charge is 0.495 e. The number of urea groups is 1. The highest BCUT2D eigenvalue weighted by atomic mass is 35.5. The molecule has 1 aliphatic heterocycles. The van der Waals surface area contributed by atoms with Gasteiger partial charge in [0.1, 0.15) is 17.4 Å². The highest BCUT2D eigenvalue weighted by Crippen LogP contribution is 2.34. The van der Waals surface area contributed by atoms with Crippen LogP contribution in [0.1, 0.15) is 22.3 Å². The van der Waals surface area contributed by atoms with E-state index in [2.05, 4.69) is 5.32 Å². The van der Waals surface area contributed by atoms with E-state index in [9.17, 15) is 18.4 Å². The Hall–Kier alpha value is -3.65. The van der Waals surface area contributed by atoms with Crippen molar-refractivity contribution >= 4 is 34.9 Å². The van der Waals surface area contributed by atoms with Crippen molar-refractivity contribution in [2.45, 2.75) is 13.0 Å². The third-order valence-corrected chi connectivity index (χ3v) is 5.71. The van der Waals surface area contributed by atoms with E-state index in [0.717, 1.165) is 24.1 Å². The minimum Gasteiger partial charge on any atom is -0.495 e. The molecule has 0 saturated carbocycles. The van der Waals surface area contributed by atoms with Gasteiger partial charge in [0, 0.05) is 36.4 Å². The van der Waals surface area contributed by atoms with Crippen molar-refractivity contribution in [3.8, 4) is 5.75 Å². The van der Waals surface area contributed by atoms with Gasteiger partial charge in [-0.3, -0.25) is 9.69 Å². The molecule has 1 saturated heterocycles. The van der Waals surface area contributed by atoms with E-state index in [4.69, 9.17) is 16.3 Å². The Morgan fingerprint density at radius 1 is 1.09 bits per heavy atom. The standard InChI is InChI=1S/C25H22ClF2N3O3/c1-34-23-9-7-19(29-24(32)20-8-6-18(27)13-21(20)28)14-22(23)31-11-3-10-30(25(31)33)15-16-4-2-5-17(26)12-16/h2,4-9,12-14H,3,10-11,15H2,1H3,(H,29,32). The van der Waals surface area contributed by atoms with Crippen LogP contribution in [0.2, 0.25) is 5.02 Å². The van der Waals surface area contributed by atoms with Crippen molar-refractivity contribution in [3.05, 3.63) is 88.4 Å². The summed E-state index contributed by atoms with van der Waals surface area (Å²) < 4.78 is 32.6. The maximum absolute atomic E-state index is 14.0. The molecule has 0 radical (unpaired) electrons. The maximum atomic E-state index is 14.0. The van der Waals surface area contributed by atoms with Crippen molar-refractivity contribution in [1.82, 2.24) is 4.90 Å². The highest BCUT2D eigenvalue weighted by Gasteiger charge is 2.29. The topological polar surface area (TPSA) is 61.9 Å². The molecule has 0 aromatic heterocycles. The van der Waals surface area contributed by atoms with Gasteiger partial charge in [-0.2, -0.15) is 0 Å². The molecule has 4 rings (SSSR count). The smallest absolute Gasteiger partial charge is 0.324 e. The van der Waals surface area contributed by atoms with E-state index in [1.165, 1.54) is 7.11 Å². The van der Waals surface area contributed by atoms with Crippen molar-refractivity contribution in [3.63, 3.8) is 0 Å². The second-order valence-electron chi connectivity index (χ2n) is 7.80. The van der Waals surface area contributed by atoms with Crippen molar-refractivity contribution < 1.29 is 23.1 Å².